The number of allylic oxidation sites excluding steroid dienone is 1. The molecule has 2 N–H and O–H groups in total. The summed E-state index contributed by atoms with van der Waals surface area (Å²) in [7, 11) is 4.00. The first-order valence-corrected chi connectivity index (χ1v) is 10.3. The van der Waals surface area contributed by atoms with Gasteiger partial charge >= 0.3 is 0 Å². The Morgan fingerprint density at radius 2 is 1.96 bits per heavy atom. The van der Waals surface area contributed by atoms with E-state index in [9.17, 15) is 0 Å². The van der Waals surface area contributed by atoms with Gasteiger partial charge in [0.25, 0.3) is 0 Å². The van der Waals surface area contributed by atoms with Crippen molar-refractivity contribution in [2.45, 2.75) is 38.6 Å². The number of halogens is 1. The Morgan fingerprint density at radius 1 is 1.14 bits per heavy atom. The Hall–Kier alpha value is -1.35. The van der Waals surface area contributed by atoms with Crippen LogP contribution in [0, 0.1) is 0 Å². The van der Waals surface area contributed by atoms with E-state index in [1.165, 1.54) is 31.2 Å². The Labute approximate surface area is 186 Å². The van der Waals surface area contributed by atoms with Crippen LogP contribution >= 0.6 is 24.0 Å². The molecule has 1 saturated heterocycles. The van der Waals surface area contributed by atoms with Crippen LogP contribution in [0.1, 0.15) is 37.7 Å². The molecule has 1 aliphatic heterocycles. The van der Waals surface area contributed by atoms with E-state index in [2.05, 4.69) is 55.7 Å². The highest BCUT2D eigenvalue weighted by molar-refractivity contribution is 14.0. The summed E-state index contributed by atoms with van der Waals surface area (Å²) in [6, 6.07) is 4.29. The van der Waals surface area contributed by atoms with Crippen LogP contribution in [-0.2, 0) is 6.54 Å². The lowest BCUT2D eigenvalue weighted by molar-refractivity contribution is 0.312. The summed E-state index contributed by atoms with van der Waals surface area (Å²) >= 11 is 0. The van der Waals surface area contributed by atoms with Gasteiger partial charge in [-0.25, -0.2) is 4.98 Å². The van der Waals surface area contributed by atoms with Crippen LogP contribution in [0.15, 0.2) is 35.0 Å². The summed E-state index contributed by atoms with van der Waals surface area (Å²) in [5, 5.41) is 6.81. The SMILES string of the molecule is CN=C(NCCC1=CCCCC1)NCc1ccc(N2CCN(C)CC2)nc1.I. The molecular weight excluding hydrogens is 463 g/mol. The second-order valence-corrected chi connectivity index (χ2v) is 7.53. The fourth-order valence-electron chi connectivity index (χ4n) is 3.62. The zero-order valence-electron chi connectivity index (χ0n) is 17.3. The van der Waals surface area contributed by atoms with E-state index in [0.717, 1.165) is 57.5 Å². The van der Waals surface area contributed by atoms with Gasteiger partial charge in [-0.1, -0.05) is 17.7 Å². The van der Waals surface area contributed by atoms with E-state index in [-0.39, 0.29) is 24.0 Å². The standard InChI is InChI=1S/C21H34N6.HI/c1-22-21(23-11-10-18-6-4-3-5-7-18)25-17-19-8-9-20(24-16-19)27-14-12-26(2)13-15-27;/h6,8-9,16H,3-5,7,10-15,17H2,1-2H3,(H2,22,23,25);1H. The second-order valence-electron chi connectivity index (χ2n) is 7.53. The third-order valence-electron chi connectivity index (χ3n) is 5.44. The molecule has 0 amide bonds. The van der Waals surface area contributed by atoms with Gasteiger partial charge in [0.15, 0.2) is 5.96 Å². The highest BCUT2D eigenvalue weighted by atomic mass is 127. The largest absolute Gasteiger partial charge is 0.356 e. The number of aromatic nitrogens is 1. The molecule has 1 fully saturated rings. The number of guanidine groups is 1. The molecule has 2 aliphatic rings. The minimum Gasteiger partial charge on any atom is -0.356 e. The van der Waals surface area contributed by atoms with Gasteiger partial charge in [-0.2, -0.15) is 0 Å². The van der Waals surface area contributed by atoms with E-state index in [1.807, 2.05) is 13.2 Å². The molecule has 2 heterocycles. The van der Waals surface area contributed by atoms with Crippen LogP contribution < -0.4 is 15.5 Å². The maximum atomic E-state index is 4.65. The van der Waals surface area contributed by atoms with Gasteiger partial charge in [0.05, 0.1) is 0 Å². The zero-order valence-corrected chi connectivity index (χ0v) is 19.6. The summed E-state index contributed by atoms with van der Waals surface area (Å²) in [5.74, 6) is 1.93. The number of rotatable bonds is 6. The molecular formula is C21H35IN6. The molecule has 156 valence electrons. The Morgan fingerprint density at radius 3 is 2.61 bits per heavy atom. The van der Waals surface area contributed by atoms with E-state index in [1.54, 1.807) is 5.57 Å². The van der Waals surface area contributed by atoms with Crippen molar-refractivity contribution >= 4 is 35.8 Å². The predicted octanol–water partition coefficient (Wildman–Crippen LogP) is 3.01. The first-order valence-electron chi connectivity index (χ1n) is 10.3. The molecule has 0 unspecified atom stereocenters. The van der Waals surface area contributed by atoms with Gasteiger partial charge in [-0.3, -0.25) is 4.99 Å². The molecule has 0 spiro atoms. The van der Waals surface area contributed by atoms with Crippen LogP contribution in [0.3, 0.4) is 0 Å². The van der Waals surface area contributed by atoms with Crippen molar-refractivity contribution in [1.82, 2.24) is 20.5 Å². The van der Waals surface area contributed by atoms with Crippen molar-refractivity contribution in [3.05, 3.63) is 35.5 Å². The number of pyridine rings is 1. The smallest absolute Gasteiger partial charge is 0.191 e. The topological polar surface area (TPSA) is 55.8 Å². The van der Waals surface area contributed by atoms with Crippen LogP contribution in [0.4, 0.5) is 5.82 Å². The average molecular weight is 498 g/mol. The molecule has 1 aliphatic carbocycles. The van der Waals surface area contributed by atoms with Gasteiger partial charge in [0.1, 0.15) is 5.82 Å². The van der Waals surface area contributed by atoms with Crippen LogP contribution in [0.25, 0.3) is 0 Å². The summed E-state index contributed by atoms with van der Waals surface area (Å²) in [4.78, 5) is 13.7. The fourth-order valence-corrected chi connectivity index (χ4v) is 3.62. The van der Waals surface area contributed by atoms with Crippen LogP contribution in [0.5, 0.6) is 0 Å². The minimum absolute atomic E-state index is 0. The van der Waals surface area contributed by atoms with Gasteiger partial charge < -0.3 is 20.4 Å². The second kappa shape index (κ2) is 12.3. The molecule has 6 nitrogen and oxygen atoms in total. The summed E-state index contributed by atoms with van der Waals surface area (Å²) in [6.07, 6.45) is 10.7. The normalized spacial score (nSPS) is 18.3. The number of likely N-dealkylation sites (N-methyl/N-ethyl adjacent to an activating group) is 1. The third kappa shape index (κ3) is 7.24. The first kappa shape index (κ1) is 22.9. The predicted molar refractivity (Wildman–Crippen MR) is 129 cm³/mol. The van der Waals surface area contributed by atoms with Crippen molar-refractivity contribution in [2.75, 3.05) is 51.7 Å². The van der Waals surface area contributed by atoms with E-state index >= 15 is 0 Å². The van der Waals surface area contributed by atoms with E-state index in [0.29, 0.717) is 0 Å². The molecule has 0 atom stereocenters. The summed E-state index contributed by atoms with van der Waals surface area (Å²) in [6.45, 7) is 5.97. The molecule has 1 aromatic heterocycles. The van der Waals surface area contributed by atoms with Crippen LogP contribution in [-0.4, -0.2) is 62.7 Å². The van der Waals surface area contributed by atoms with Crippen molar-refractivity contribution in [3.8, 4) is 0 Å². The maximum Gasteiger partial charge on any atom is 0.191 e. The van der Waals surface area contributed by atoms with Crippen LogP contribution in [0.2, 0.25) is 0 Å². The highest BCUT2D eigenvalue weighted by Crippen LogP contribution is 2.19. The molecule has 0 radical (unpaired) electrons. The Kier molecular flexibility index (Phi) is 10.0. The molecule has 3 rings (SSSR count). The zero-order chi connectivity index (χ0) is 18.9. The first-order chi connectivity index (χ1) is 13.2. The molecule has 7 heteroatoms. The molecule has 28 heavy (non-hydrogen) atoms. The molecule has 0 saturated carbocycles. The summed E-state index contributed by atoms with van der Waals surface area (Å²) < 4.78 is 0. The van der Waals surface area contributed by atoms with Gasteiger partial charge in [-0.15, -0.1) is 24.0 Å². The molecule has 0 aromatic carbocycles. The minimum atomic E-state index is 0. The summed E-state index contributed by atoms with van der Waals surface area (Å²) in [5.41, 5.74) is 2.76. The number of aliphatic imine (C=N–C) groups is 1. The number of nitrogens with one attached hydrogen (secondary N) is 2. The lowest BCUT2D eigenvalue weighted by Gasteiger charge is -2.33. The highest BCUT2D eigenvalue weighted by Gasteiger charge is 2.14. The number of nitrogens with zero attached hydrogens (tertiary/aromatic N) is 4. The van der Waals surface area contributed by atoms with E-state index in [4.69, 9.17) is 0 Å². The Balaban J connectivity index is 0.00000280. The van der Waals surface area contributed by atoms with Crippen molar-refractivity contribution < 1.29 is 0 Å². The number of hydrogen-bond acceptors (Lipinski definition) is 4. The average Bonchev–Trinajstić information content (AvgIpc) is 2.72. The van der Waals surface area contributed by atoms with Gasteiger partial charge in [0.2, 0.25) is 0 Å². The van der Waals surface area contributed by atoms with Crippen molar-refractivity contribution in [1.29, 1.82) is 0 Å². The molecule has 0 bridgehead atoms. The number of piperazine rings is 1. The number of anilines is 1. The van der Waals surface area contributed by atoms with Gasteiger partial charge in [-0.05, 0) is 50.8 Å². The van der Waals surface area contributed by atoms with Crippen molar-refractivity contribution in [2.24, 2.45) is 4.99 Å². The van der Waals surface area contributed by atoms with Gasteiger partial charge in [0, 0.05) is 52.5 Å². The third-order valence-corrected chi connectivity index (χ3v) is 5.44. The van der Waals surface area contributed by atoms with Crippen molar-refractivity contribution in [3.63, 3.8) is 0 Å². The molecule has 1 aromatic rings. The quantitative estimate of drug-likeness (QED) is 0.274. The number of hydrogen-bond donors (Lipinski definition) is 2. The lowest BCUT2D eigenvalue weighted by atomic mass is 9.97. The fraction of sp³-hybridized carbons (Fsp3) is 0.619. The maximum absolute atomic E-state index is 4.65. The lowest BCUT2D eigenvalue weighted by Crippen LogP contribution is -2.44. The van der Waals surface area contributed by atoms with E-state index < -0.39 is 0 Å². The monoisotopic (exact) mass is 498 g/mol. The Bertz CT molecular complexity index is 635.